The zero-order valence-corrected chi connectivity index (χ0v) is 49.1. The Hall–Kier alpha value is -10.1. The fourth-order valence-electron chi connectivity index (χ4n) is 9.09. The molecule has 0 aromatic heterocycles. The summed E-state index contributed by atoms with van der Waals surface area (Å²) in [5, 5.41) is 17.8. The van der Waals surface area contributed by atoms with Crippen LogP contribution in [-0.2, 0) is 49.7 Å². The summed E-state index contributed by atoms with van der Waals surface area (Å²) in [5.74, 6) is -6.21. The van der Waals surface area contributed by atoms with Crippen molar-refractivity contribution in [3.05, 3.63) is 117 Å². The number of hydrogen-bond acceptors (Lipinski definition) is 17. The molecule has 0 spiro atoms. The van der Waals surface area contributed by atoms with Crippen molar-refractivity contribution < 1.29 is 67.2 Å². The van der Waals surface area contributed by atoms with Gasteiger partial charge in [0, 0.05) is 51.7 Å². The van der Waals surface area contributed by atoms with Gasteiger partial charge in [-0.05, 0) is 116 Å². The lowest BCUT2D eigenvalue weighted by atomic mass is 9.96. The van der Waals surface area contributed by atoms with Gasteiger partial charge in [0.05, 0.1) is 74.9 Å². The number of benzene rings is 4. The standard InChI is InChI=1S/C59H78N14O14/c1-84-48-16-11-32(24-36(48)53(61)80)29-45(75)41(9-6-22-69-58(64)65)71-54(81)38-26-34(13-18-50(38)86-3)30-46(76)42(10-7-23-70-59(66)67)72-55(82)39-27-35(14-19-51(39)87-4)31-47(77)43(15-20-52(78)79)73-56(83)37-25-33(12-17-49(37)85-2)28-44(74)40(60)8-5-21-68-57(62)63/h11-14,16-19,24-27,40-43H,5-10,15,20-23,28-31,60H2,1-4H3,(H2,61,80)(H,71,81)(H,72,82)(H,73,83)(H,78,79)(H4,62,63,68)(H4,64,65,69)(H4,66,67,70)/t40-,41-,42-,43-/m1/s1. The van der Waals surface area contributed by atoms with E-state index in [9.17, 15) is 48.3 Å². The first kappa shape index (κ1) is 69.4. The molecule has 87 heavy (non-hydrogen) atoms. The van der Waals surface area contributed by atoms with Crippen molar-refractivity contribution in [3.63, 3.8) is 0 Å². The summed E-state index contributed by atoms with van der Waals surface area (Å²) in [6.45, 7) is 0.505. The van der Waals surface area contributed by atoms with Gasteiger partial charge < -0.3 is 85.9 Å². The average Bonchev–Trinajstić information content (AvgIpc) is 2.63. The van der Waals surface area contributed by atoms with Crippen molar-refractivity contribution in [2.24, 2.45) is 60.8 Å². The topological polar surface area (TPSA) is 492 Å². The van der Waals surface area contributed by atoms with E-state index in [0.29, 0.717) is 29.5 Å². The number of carbonyl (C=O) groups is 9. The quantitative estimate of drug-likeness (QED) is 0.0160. The van der Waals surface area contributed by atoms with Gasteiger partial charge in [0.25, 0.3) is 23.6 Å². The highest BCUT2D eigenvalue weighted by Gasteiger charge is 2.29. The maximum absolute atomic E-state index is 14.4. The monoisotopic (exact) mass is 1210 g/mol. The lowest BCUT2D eigenvalue weighted by molar-refractivity contribution is -0.137. The van der Waals surface area contributed by atoms with E-state index in [2.05, 4.69) is 30.9 Å². The first-order chi connectivity index (χ1) is 41.4. The van der Waals surface area contributed by atoms with Gasteiger partial charge in [0.15, 0.2) is 41.0 Å². The lowest BCUT2D eigenvalue weighted by Crippen LogP contribution is -2.42. The van der Waals surface area contributed by atoms with E-state index in [1.54, 1.807) is 18.2 Å². The second-order valence-electron chi connectivity index (χ2n) is 20.0. The van der Waals surface area contributed by atoms with Crippen LogP contribution in [0.15, 0.2) is 87.8 Å². The smallest absolute Gasteiger partial charge is 0.303 e. The van der Waals surface area contributed by atoms with Gasteiger partial charge in [-0.1, -0.05) is 24.3 Å². The van der Waals surface area contributed by atoms with Gasteiger partial charge in [0.2, 0.25) is 0 Å². The SMILES string of the molecule is COc1ccc(CC(=O)[C@@H](CCCN=C(N)N)NC(=O)c2cc(CC(=O)[C@@H](CCCN=C(N)N)NC(=O)c3cc(CC(=O)[C@@H](CCC(=O)O)NC(=O)c4cc(CC(=O)[C@H](N)CCCN=C(N)N)ccc4OC)ccc3OC)ccc2OC)cc1C(N)=O. The average molecular weight is 1210 g/mol. The summed E-state index contributed by atoms with van der Waals surface area (Å²) in [6.07, 6.45) is -0.592. The molecule has 0 bridgehead atoms. The molecule has 468 valence electrons. The van der Waals surface area contributed by atoms with Crippen LogP contribution in [0.25, 0.3) is 0 Å². The number of aliphatic imine (C=N–C) groups is 3. The second-order valence-corrected chi connectivity index (χ2v) is 20.0. The van der Waals surface area contributed by atoms with Crippen molar-refractivity contribution in [3.8, 4) is 23.0 Å². The minimum Gasteiger partial charge on any atom is -0.496 e. The van der Waals surface area contributed by atoms with Crippen LogP contribution in [0.2, 0.25) is 0 Å². The molecule has 20 N–H and O–H groups in total. The highest BCUT2D eigenvalue weighted by Crippen LogP contribution is 2.26. The molecule has 4 rings (SSSR count). The van der Waals surface area contributed by atoms with Crippen molar-refractivity contribution in [1.82, 2.24) is 16.0 Å². The molecule has 0 heterocycles. The molecular weight excluding hydrogens is 1130 g/mol. The molecule has 0 saturated carbocycles. The molecule has 0 aliphatic rings. The van der Waals surface area contributed by atoms with Gasteiger partial charge >= 0.3 is 5.97 Å². The number of carbonyl (C=O) groups excluding carboxylic acids is 8. The number of guanidine groups is 3. The number of ketones is 4. The van der Waals surface area contributed by atoms with Crippen LogP contribution in [0.4, 0.5) is 0 Å². The number of aliphatic carboxylic acids is 1. The molecule has 28 nitrogen and oxygen atoms in total. The number of hydrogen-bond donors (Lipinski definition) is 12. The number of methoxy groups -OCH3 is 4. The van der Waals surface area contributed by atoms with Gasteiger partial charge in [-0.25, -0.2) is 0 Å². The predicted molar refractivity (Wildman–Crippen MR) is 324 cm³/mol. The number of rotatable bonds is 38. The minimum atomic E-state index is -1.37. The van der Waals surface area contributed by atoms with Crippen LogP contribution in [0.1, 0.15) is 115 Å². The first-order valence-corrected chi connectivity index (χ1v) is 27.5. The third kappa shape index (κ3) is 22.4. The highest BCUT2D eigenvalue weighted by atomic mass is 16.5. The number of Topliss-reactive ketones (excluding diaryl/α,β-unsaturated/α-hetero) is 4. The Balaban J connectivity index is 1.59. The lowest BCUT2D eigenvalue weighted by Gasteiger charge is -2.21. The van der Waals surface area contributed by atoms with Crippen molar-refractivity contribution in [1.29, 1.82) is 0 Å². The third-order valence-electron chi connectivity index (χ3n) is 13.6. The number of nitrogens with two attached hydrogens (primary N) is 8. The molecule has 4 amide bonds. The molecule has 4 atom stereocenters. The molecule has 0 saturated heterocycles. The summed E-state index contributed by atoms with van der Waals surface area (Å²) in [7, 11) is 5.33. The van der Waals surface area contributed by atoms with Crippen LogP contribution >= 0.6 is 0 Å². The Morgan fingerprint density at radius 2 is 0.713 bits per heavy atom. The Morgan fingerprint density at radius 1 is 0.425 bits per heavy atom. The van der Waals surface area contributed by atoms with Crippen LogP contribution in [-0.4, -0.2) is 148 Å². The number of ether oxygens (including phenoxy) is 4. The molecule has 0 unspecified atom stereocenters. The molecule has 0 radical (unpaired) electrons. The van der Waals surface area contributed by atoms with Gasteiger partial charge in [0.1, 0.15) is 23.0 Å². The maximum Gasteiger partial charge on any atom is 0.303 e. The molecule has 0 aliphatic carbocycles. The van der Waals surface area contributed by atoms with E-state index >= 15 is 0 Å². The van der Waals surface area contributed by atoms with Crippen molar-refractivity contribution >= 4 is 70.6 Å². The van der Waals surface area contributed by atoms with Gasteiger partial charge in [-0.15, -0.1) is 0 Å². The van der Waals surface area contributed by atoms with Crippen molar-refractivity contribution in [2.75, 3.05) is 48.1 Å². The van der Waals surface area contributed by atoms with Crippen LogP contribution < -0.4 is 80.8 Å². The number of primary amides is 1. The second kappa shape index (κ2) is 34.6. The number of carboxylic acid groups (broad SMARTS) is 1. The number of nitrogens with one attached hydrogen (secondary N) is 3. The zero-order valence-electron chi connectivity index (χ0n) is 49.1. The number of amides is 4. The molecule has 4 aromatic rings. The van der Waals surface area contributed by atoms with Crippen LogP contribution in [0.5, 0.6) is 23.0 Å². The van der Waals surface area contributed by atoms with E-state index in [0.717, 1.165) is 0 Å². The Morgan fingerprint density at radius 3 is 1.01 bits per heavy atom. The van der Waals surface area contributed by atoms with Gasteiger partial charge in [-0.3, -0.25) is 58.1 Å². The van der Waals surface area contributed by atoms with E-state index in [-0.39, 0.29) is 145 Å². The van der Waals surface area contributed by atoms with E-state index in [1.165, 1.54) is 83.0 Å². The predicted octanol–water partition coefficient (Wildman–Crippen LogP) is 0.0150. The fraction of sp³-hybridized carbons (Fsp3) is 0.390. The zero-order chi connectivity index (χ0) is 64.3. The van der Waals surface area contributed by atoms with E-state index < -0.39 is 84.0 Å². The number of carboxylic acids is 1. The highest BCUT2D eigenvalue weighted by molar-refractivity contribution is 6.04. The maximum atomic E-state index is 14.4. The summed E-state index contributed by atoms with van der Waals surface area (Å²) in [6, 6.07) is 13.2. The van der Waals surface area contributed by atoms with Crippen LogP contribution in [0, 0.1) is 0 Å². The normalized spacial score (nSPS) is 12.1. The fourth-order valence-corrected chi connectivity index (χ4v) is 9.09. The van der Waals surface area contributed by atoms with Crippen molar-refractivity contribution in [2.45, 2.75) is 101 Å². The van der Waals surface area contributed by atoms with E-state index in [1.807, 2.05) is 0 Å². The summed E-state index contributed by atoms with van der Waals surface area (Å²) < 4.78 is 21.7. The molecule has 4 aromatic carbocycles. The largest absolute Gasteiger partial charge is 0.496 e. The molecule has 0 aliphatic heterocycles. The molecule has 0 fully saturated rings. The molecular formula is C59H78N14O14. The number of nitrogens with zero attached hydrogens (tertiary/aromatic N) is 3. The third-order valence-corrected chi connectivity index (χ3v) is 13.6. The Labute approximate surface area is 502 Å². The van der Waals surface area contributed by atoms with E-state index in [4.69, 9.17) is 64.8 Å². The summed E-state index contributed by atoms with van der Waals surface area (Å²) in [4.78, 5) is 134. The summed E-state index contributed by atoms with van der Waals surface area (Å²) >= 11 is 0. The summed E-state index contributed by atoms with van der Waals surface area (Å²) in [5.41, 5.74) is 45.8. The molecule has 28 heteroatoms. The Kier molecular flexibility index (Phi) is 27.6. The first-order valence-electron chi connectivity index (χ1n) is 27.5. The Bertz CT molecular complexity index is 3230. The van der Waals surface area contributed by atoms with Gasteiger partial charge in [-0.2, -0.15) is 0 Å². The van der Waals surface area contributed by atoms with Crippen LogP contribution in [0.3, 0.4) is 0 Å². The minimum absolute atomic E-state index is 0.0222.